The Morgan fingerprint density at radius 1 is 1.00 bits per heavy atom. The maximum atomic E-state index is 13.7. The number of aliphatic carboxylic acids is 1. The quantitative estimate of drug-likeness (QED) is 0.513. The van der Waals surface area contributed by atoms with Gasteiger partial charge in [-0.1, -0.05) is 47.5 Å². The third-order valence-corrected chi connectivity index (χ3v) is 7.48. The molecule has 0 saturated carbocycles. The zero-order valence-corrected chi connectivity index (χ0v) is 18.7. The van der Waals surface area contributed by atoms with E-state index in [2.05, 4.69) is 4.98 Å². The van der Waals surface area contributed by atoms with Crippen LogP contribution < -0.4 is 4.31 Å². The Morgan fingerprint density at radius 3 is 2.34 bits per heavy atom. The Labute approximate surface area is 194 Å². The molecular weight excluding hydrogens is 475 g/mol. The predicted octanol–water partition coefficient (Wildman–Crippen LogP) is 4.41. The summed E-state index contributed by atoms with van der Waals surface area (Å²) in [7, 11) is -4.25. The van der Waals surface area contributed by atoms with Crippen molar-refractivity contribution >= 4 is 50.7 Å². The summed E-state index contributed by atoms with van der Waals surface area (Å²) < 4.78 is 28.3. The molecule has 0 bridgehead atoms. The highest BCUT2D eigenvalue weighted by Gasteiger charge is 2.49. The number of rotatable bonds is 6. The van der Waals surface area contributed by atoms with E-state index in [4.69, 9.17) is 23.2 Å². The zero-order chi connectivity index (χ0) is 23.0. The average Bonchev–Trinajstić information content (AvgIpc) is 3.07. The van der Waals surface area contributed by atoms with Gasteiger partial charge in [-0.25, -0.2) is 8.42 Å². The van der Waals surface area contributed by atoms with Gasteiger partial charge in [0.2, 0.25) is 5.78 Å². The van der Waals surface area contributed by atoms with Crippen molar-refractivity contribution in [3.05, 3.63) is 88.2 Å². The highest BCUT2D eigenvalue weighted by Crippen LogP contribution is 2.47. The Hall–Kier alpha value is -2.94. The second-order valence-electron chi connectivity index (χ2n) is 7.19. The molecule has 0 amide bonds. The minimum absolute atomic E-state index is 0.0428. The van der Waals surface area contributed by atoms with Crippen molar-refractivity contribution < 1.29 is 23.1 Å². The van der Waals surface area contributed by atoms with Gasteiger partial charge in [-0.2, -0.15) is 0 Å². The van der Waals surface area contributed by atoms with E-state index in [1.807, 2.05) is 0 Å². The van der Waals surface area contributed by atoms with E-state index in [9.17, 15) is 23.1 Å². The first-order chi connectivity index (χ1) is 15.2. The Bertz CT molecular complexity index is 1310. The molecule has 0 fully saturated rings. The standard InChI is InChI=1S/C22H16Cl2N2O5S/c23-13-6-7-16-17(12-20(27)28)21(22(29)18-10-14(24)8-9-25-18)26(19(16)11-13)32(30,31)15-4-2-1-3-5-15/h1-11,17,21H,12H2,(H,27,28). The maximum absolute atomic E-state index is 13.7. The molecule has 2 atom stereocenters. The number of sulfonamides is 1. The molecule has 7 nitrogen and oxygen atoms in total. The predicted molar refractivity (Wildman–Crippen MR) is 120 cm³/mol. The second kappa shape index (κ2) is 8.54. The highest BCUT2D eigenvalue weighted by molar-refractivity contribution is 7.93. The summed E-state index contributed by atoms with van der Waals surface area (Å²) >= 11 is 12.2. The molecule has 3 aromatic rings. The van der Waals surface area contributed by atoms with Crippen molar-refractivity contribution in [3.8, 4) is 0 Å². The van der Waals surface area contributed by atoms with Crippen molar-refractivity contribution in [2.75, 3.05) is 4.31 Å². The first-order valence-electron chi connectivity index (χ1n) is 9.46. The van der Waals surface area contributed by atoms with Crippen molar-refractivity contribution in [3.63, 3.8) is 0 Å². The van der Waals surface area contributed by atoms with Crippen molar-refractivity contribution in [2.45, 2.75) is 23.3 Å². The number of halogens is 2. The molecule has 0 spiro atoms. The molecule has 1 aromatic heterocycles. The number of pyridine rings is 1. The van der Waals surface area contributed by atoms with Gasteiger partial charge in [0.15, 0.2) is 0 Å². The summed E-state index contributed by atoms with van der Waals surface area (Å²) in [6.07, 6.45) is 0.864. The molecule has 2 aromatic carbocycles. The number of hydrogen-bond acceptors (Lipinski definition) is 5. The van der Waals surface area contributed by atoms with Gasteiger partial charge in [0.1, 0.15) is 11.7 Å². The van der Waals surface area contributed by atoms with Crippen LogP contribution in [0.4, 0.5) is 5.69 Å². The van der Waals surface area contributed by atoms with Crippen LogP contribution >= 0.6 is 23.2 Å². The maximum Gasteiger partial charge on any atom is 0.304 e. The van der Waals surface area contributed by atoms with E-state index < -0.39 is 40.2 Å². The molecular formula is C22H16Cl2N2O5S. The van der Waals surface area contributed by atoms with E-state index in [1.54, 1.807) is 24.3 Å². The van der Waals surface area contributed by atoms with Crippen LogP contribution in [0.25, 0.3) is 0 Å². The van der Waals surface area contributed by atoms with Crippen LogP contribution in [-0.2, 0) is 14.8 Å². The molecule has 0 aliphatic carbocycles. The number of carbonyl (C=O) groups is 2. The zero-order valence-electron chi connectivity index (χ0n) is 16.4. The summed E-state index contributed by atoms with van der Waals surface area (Å²) in [6, 6.07) is 13.5. The van der Waals surface area contributed by atoms with Crippen LogP contribution in [0.2, 0.25) is 10.0 Å². The summed E-state index contributed by atoms with van der Waals surface area (Å²) in [6.45, 7) is 0. The van der Waals surface area contributed by atoms with Gasteiger partial charge < -0.3 is 5.11 Å². The van der Waals surface area contributed by atoms with Gasteiger partial charge in [0.05, 0.1) is 17.0 Å². The van der Waals surface area contributed by atoms with Crippen molar-refractivity contribution in [1.82, 2.24) is 4.98 Å². The number of benzene rings is 2. The molecule has 2 heterocycles. The lowest BCUT2D eigenvalue weighted by Gasteiger charge is -2.28. The van der Waals surface area contributed by atoms with Gasteiger partial charge >= 0.3 is 5.97 Å². The van der Waals surface area contributed by atoms with Crippen LogP contribution in [0.3, 0.4) is 0 Å². The molecule has 32 heavy (non-hydrogen) atoms. The molecule has 1 N–H and O–H groups in total. The van der Waals surface area contributed by atoms with Crippen LogP contribution in [0.15, 0.2) is 71.8 Å². The second-order valence-corrected chi connectivity index (χ2v) is 9.88. The topological polar surface area (TPSA) is 105 Å². The van der Waals surface area contributed by atoms with Gasteiger partial charge in [-0.3, -0.25) is 18.9 Å². The Balaban J connectivity index is 1.96. The molecule has 0 saturated heterocycles. The van der Waals surface area contributed by atoms with Crippen molar-refractivity contribution in [2.24, 2.45) is 0 Å². The molecule has 1 aliphatic rings. The van der Waals surface area contributed by atoms with E-state index in [1.165, 1.54) is 42.6 Å². The number of carboxylic acid groups (broad SMARTS) is 1. The van der Waals surface area contributed by atoms with Gasteiger partial charge in [-0.15, -0.1) is 0 Å². The summed E-state index contributed by atoms with van der Waals surface area (Å²) in [5, 5.41) is 10.0. The van der Waals surface area contributed by atoms with Gasteiger partial charge in [-0.05, 0) is 42.0 Å². The fraction of sp³-hybridized carbons (Fsp3) is 0.136. The number of hydrogen-bond donors (Lipinski definition) is 1. The van der Waals surface area contributed by atoms with Crippen LogP contribution in [-0.4, -0.2) is 36.3 Å². The minimum Gasteiger partial charge on any atom is -0.481 e. The van der Waals surface area contributed by atoms with Gasteiger partial charge in [0, 0.05) is 22.2 Å². The number of fused-ring (bicyclic) bond motifs is 1. The number of ketones is 1. The molecule has 0 radical (unpaired) electrons. The van der Waals surface area contributed by atoms with E-state index >= 15 is 0 Å². The van der Waals surface area contributed by atoms with Crippen LogP contribution in [0.1, 0.15) is 28.4 Å². The number of Topliss-reactive ketones (excluding diaryl/α,β-unsaturated/α-hetero) is 1. The van der Waals surface area contributed by atoms with Crippen LogP contribution in [0.5, 0.6) is 0 Å². The average molecular weight is 491 g/mol. The normalized spacial score (nSPS) is 17.8. The van der Waals surface area contributed by atoms with Gasteiger partial charge in [0.25, 0.3) is 10.0 Å². The lowest BCUT2D eigenvalue weighted by atomic mass is 9.88. The first kappa shape index (κ1) is 22.3. The first-order valence-corrected chi connectivity index (χ1v) is 11.7. The molecule has 1 aliphatic heterocycles. The van der Waals surface area contributed by atoms with E-state index in [0.717, 1.165) is 4.31 Å². The summed E-state index contributed by atoms with van der Waals surface area (Å²) in [5.74, 6) is -2.79. The molecule has 2 unspecified atom stereocenters. The number of anilines is 1. The molecule has 10 heteroatoms. The van der Waals surface area contributed by atoms with Crippen LogP contribution in [0, 0.1) is 0 Å². The van der Waals surface area contributed by atoms with E-state index in [0.29, 0.717) is 5.56 Å². The molecule has 164 valence electrons. The third kappa shape index (κ3) is 3.97. The van der Waals surface area contributed by atoms with E-state index in [-0.39, 0.29) is 26.3 Å². The van der Waals surface area contributed by atoms with Crippen molar-refractivity contribution in [1.29, 1.82) is 0 Å². The number of nitrogens with zero attached hydrogens (tertiary/aromatic N) is 2. The largest absolute Gasteiger partial charge is 0.481 e. The summed E-state index contributed by atoms with van der Waals surface area (Å²) in [4.78, 5) is 29.3. The number of aromatic nitrogens is 1. The monoisotopic (exact) mass is 490 g/mol. The fourth-order valence-corrected chi connectivity index (χ4v) is 5.89. The smallest absolute Gasteiger partial charge is 0.304 e. The highest BCUT2D eigenvalue weighted by atomic mass is 35.5. The fourth-order valence-electron chi connectivity index (χ4n) is 3.88. The summed E-state index contributed by atoms with van der Waals surface area (Å²) in [5.41, 5.74) is 0.495. The lowest BCUT2D eigenvalue weighted by molar-refractivity contribution is -0.137. The molecule has 4 rings (SSSR count). The minimum atomic E-state index is -4.25. The third-order valence-electron chi connectivity index (χ3n) is 5.20. The number of carbonyl (C=O) groups excluding carboxylic acids is 1. The Morgan fingerprint density at radius 2 is 1.69 bits per heavy atom. The lowest BCUT2D eigenvalue weighted by Crippen LogP contribution is -2.45. The Kier molecular flexibility index (Phi) is 5.94. The SMILES string of the molecule is O=C(O)CC1c2ccc(Cl)cc2N(S(=O)(=O)c2ccccc2)C1C(=O)c1cc(Cl)ccn1. The number of carboxylic acids is 1.